The Morgan fingerprint density at radius 3 is 2.91 bits per heavy atom. The fourth-order valence-electron chi connectivity index (χ4n) is 5.16. The molecule has 3 heteroatoms. The first-order valence-corrected chi connectivity index (χ1v) is 8.98. The monoisotopic (exact) mass is 311 g/mol. The average molecular weight is 311 g/mol. The summed E-state index contributed by atoms with van der Waals surface area (Å²) in [5.74, 6) is 1.64. The molecule has 3 unspecified atom stereocenters. The lowest BCUT2D eigenvalue weighted by Crippen LogP contribution is -2.66. The molecule has 0 aliphatic carbocycles. The minimum atomic E-state index is -0.395. The molecule has 5 rings (SSSR count). The van der Waals surface area contributed by atoms with Gasteiger partial charge in [0.15, 0.2) is 0 Å². The zero-order chi connectivity index (χ0) is 16.0. The van der Waals surface area contributed by atoms with E-state index in [4.69, 9.17) is 0 Å². The molecule has 23 heavy (non-hydrogen) atoms. The van der Waals surface area contributed by atoms with Crippen molar-refractivity contribution in [3.05, 3.63) is 42.1 Å². The standard InChI is InChI=1S/C20H27N2O/c1-3-14-13-22(2)11-9-15(14)12-19(22)20(23)17-8-10-21-18-7-5-4-6-16(17)18/h4-8,10,14-15,19-20,23H,3,9,11-13H2,1-2H3/q+1/t14?,15?,19-,20+,22?/m0/s1. The Labute approximate surface area is 138 Å². The molecule has 5 atom stereocenters. The lowest BCUT2D eigenvalue weighted by molar-refractivity contribution is -0.957. The molecule has 2 bridgehead atoms. The minimum absolute atomic E-state index is 0.322. The summed E-state index contributed by atoms with van der Waals surface area (Å²) in [4.78, 5) is 4.44. The summed E-state index contributed by atoms with van der Waals surface area (Å²) in [5, 5.41) is 12.3. The van der Waals surface area contributed by atoms with Crippen LogP contribution in [0, 0.1) is 11.8 Å². The van der Waals surface area contributed by atoms with Gasteiger partial charge in [-0.2, -0.15) is 0 Å². The number of hydrogen-bond donors (Lipinski definition) is 1. The number of aliphatic hydroxyl groups excluding tert-OH is 1. The molecule has 122 valence electrons. The number of nitrogens with zero attached hydrogens (tertiary/aromatic N) is 2. The van der Waals surface area contributed by atoms with Gasteiger partial charge >= 0.3 is 0 Å². The third-order valence-corrected chi connectivity index (χ3v) is 6.56. The molecule has 3 aliphatic heterocycles. The third kappa shape index (κ3) is 2.38. The first-order chi connectivity index (χ1) is 11.1. The van der Waals surface area contributed by atoms with Crippen LogP contribution < -0.4 is 0 Å². The molecule has 3 saturated heterocycles. The van der Waals surface area contributed by atoms with Crippen LogP contribution in [0.3, 0.4) is 0 Å². The topological polar surface area (TPSA) is 33.1 Å². The number of fused-ring (bicyclic) bond motifs is 4. The van der Waals surface area contributed by atoms with Crippen molar-refractivity contribution in [1.82, 2.24) is 4.98 Å². The predicted molar refractivity (Wildman–Crippen MR) is 92.9 cm³/mol. The summed E-state index contributed by atoms with van der Waals surface area (Å²) < 4.78 is 1.03. The van der Waals surface area contributed by atoms with Crippen LogP contribution in [0.5, 0.6) is 0 Å². The van der Waals surface area contributed by atoms with E-state index in [9.17, 15) is 5.11 Å². The van der Waals surface area contributed by atoms with Crippen LogP contribution in [-0.2, 0) is 0 Å². The fourth-order valence-corrected chi connectivity index (χ4v) is 5.16. The van der Waals surface area contributed by atoms with Crippen LogP contribution in [0.4, 0.5) is 0 Å². The Bertz CT molecular complexity index is 710. The molecule has 3 nitrogen and oxygen atoms in total. The Morgan fingerprint density at radius 1 is 1.30 bits per heavy atom. The van der Waals surface area contributed by atoms with Gasteiger partial charge in [-0.1, -0.05) is 25.1 Å². The van der Waals surface area contributed by atoms with Gasteiger partial charge in [-0.05, 0) is 30.0 Å². The molecule has 3 fully saturated rings. The van der Waals surface area contributed by atoms with Gasteiger partial charge in [0, 0.05) is 30.3 Å². The number of benzene rings is 1. The van der Waals surface area contributed by atoms with Crippen molar-refractivity contribution in [2.75, 3.05) is 20.1 Å². The van der Waals surface area contributed by atoms with Crippen molar-refractivity contribution in [1.29, 1.82) is 0 Å². The maximum atomic E-state index is 11.2. The summed E-state index contributed by atoms with van der Waals surface area (Å²) >= 11 is 0. The van der Waals surface area contributed by atoms with E-state index in [2.05, 4.69) is 25.0 Å². The fraction of sp³-hybridized carbons (Fsp3) is 0.550. The number of aromatic nitrogens is 1. The van der Waals surface area contributed by atoms with Crippen molar-refractivity contribution in [3.8, 4) is 0 Å². The van der Waals surface area contributed by atoms with Crippen molar-refractivity contribution in [2.24, 2.45) is 11.8 Å². The van der Waals surface area contributed by atoms with E-state index in [1.807, 2.05) is 30.5 Å². The summed E-state index contributed by atoms with van der Waals surface area (Å²) in [5.41, 5.74) is 2.04. The van der Waals surface area contributed by atoms with E-state index in [-0.39, 0.29) is 0 Å². The van der Waals surface area contributed by atoms with Gasteiger partial charge in [0.2, 0.25) is 0 Å². The van der Waals surface area contributed by atoms with E-state index in [0.29, 0.717) is 6.04 Å². The first kappa shape index (κ1) is 15.1. The molecule has 1 N–H and O–H groups in total. The van der Waals surface area contributed by atoms with Gasteiger partial charge in [-0.15, -0.1) is 0 Å². The second kappa shape index (κ2) is 5.57. The van der Waals surface area contributed by atoms with Gasteiger partial charge in [0.05, 0.1) is 25.7 Å². The normalized spacial score (nSPS) is 34.7. The molecule has 0 amide bonds. The maximum Gasteiger partial charge on any atom is 0.131 e. The van der Waals surface area contributed by atoms with Crippen molar-refractivity contribution >= 4 is 10.9 Å². The number of piperidine rings is 3. The number of hydrogen-bond acceptors (Lipinski definition) is 2. The summed E-state index contributed by atoms with van der Waals surface area (Å²) in [6.07, 6.45) is 5.21. The number of para-hydroxylation sites is 1. The smallest absolute Gasteiger partial charge is 0.131 e. The van der Waals surface area contributed by atoms with Crippen LogP contribution in [-0.4, -0.2) is 40.8 Å². The first-order valence-electron chi connectivity index (χ1n) is 8.98. The van der Waals surface area contributed by atoms with Crippen molar-refractivity contribution in [2.45, 2.75) is 38.3 Å². The molecule has 1 aromatic carbocycles. The Balaban J connectivity index is 1.70. The highest BCUT2D eigenvalue weighted by Gasteiger charge is 2.51. The van der Waals surface area contributed by atoms with E-state index in [1.165, 1.54) is 25.9 Å². The molecular weight excluding hydrogens is 284 g/mol. The Kier molecular flexibility index (Phi) is 3.66. The minimum Gasteiger partial charge on any atom is -0.382 e. The van der Waals surface area contributed by atoms with Gasteiger partial charge < -0.3 is 9.59 Å². The third-order valence-electron chi connectivity index (χ3n) is 6.56. The number of likely N-dealkylation sites (N-methyl/N-ethyl adjacent to an activating group) is 1. The summed E-state index contributed by atoms with van der Waals surface area (Å²) in [7, 11) is 2.36. The van der Waals surface area contributed by atoms with Crippen LogP contribution in [0.2, 0.25) is 0 Å². The van der Waals surface area contributed by atoms with Crippen molar-refractivity contribution < 1.29 is 9.59 Å². The molecule has 0 radical (unpaired) electrons. The highest BCUT2D eigenvalue weighted by atomic mass is 16.3. The average Bonchev–Trinajstić information content (AvgIpc) is 2.60. The highest BCUT2D eigenvalue weighted by Crippen LogP contribution is 2.46. The largest absolute Gasteiger partial charge is 0.382 e. The maximum absolute atomic E-state index is 11.2. The SMILES string of the molecule is CCC1C[N+]2(C)CCC1C[C@H]2[C@H](O)c1ccnc2ccccc12. The number of pyridine rings is 1. The van der Waals surface area contributed by atoms with Crippen LogP contribution in [0.1, 0.15) is 37.9 Å². The number of rotatable bonds is 3. The van der Waals surface area contributed by atoms with E-state index in [0.717, 1.165) is 39.2 Å². The summed E-state index contributed by atoms with van der Waals surface area (Å²) in [6.45, 7) is 4.76. The molecule has 3 aliphatic rings. The lowest BCUT2D eigenvalue weighted by Gasteiger charge is -2.56. The molecule has 0 spiro atoms. The van der Waals surface area contributed by atoms with Gasteiger partial charge in [-0.25, -0.2) is 0 Å². The van der Waals surface area contributed by atoms with Gasteiger partial charge in [-0.3, -0.25) is 4.98 Å². The van der Waals surface area contributed by atoms with Gasteiger partial charge in [0.25, 0.3) is 0 Å². The molecule has 4 heterocycles. The molecule has 1 aromatic heterocycles. The van der Waals surface area contributed by atoms with Gasteiger partial charge in [0.1, 0.15) is 12.1 Å². The number of aliphatic hydroxyl groups is 1. The quantitative estimate of drug-likeness (QED) is 0.880. The summed E-state index contributed by atoms with van der Waals surface area (Å²) in [6, 6.07) is 10.5. The Morgan fingerprint density at radius 2 is 2.13 bits per heavy atom. The van der Waals surface area contributed by atoms with E-state index < -0.39 is 6.10 Å². The number of quaternary nitrogens is 1. The Hall–Kier alpha value is -1.45. The van der Waals surface area contributed by atoms with Crippen LogP contribution >= 0.6 is 0 Å². The highest BCUT2D eigenvalue weighted by molar-refractivity contribution is 5.82. The second-order valence-corrected chi connectivity index (χ2v) is 7.77. The molecule has 0 saturated carbocycles. The van der Waals surface area contributed by atoms with Crippen molar-refractivity contribution in [3.63, 3.8) is 0 Å². The molecule has 2 aromatic rings. The molecular formula is C20H27N2O+. The van der Waals surface area contributed by atoms with E-state index >= 15 is 0 Å². The predicted octanol–water partition coefficient (Wildman–Crippen LogP) is 3.53. The van der Waals surface area contributed by atoms with Crippen LogP contribution in [0.15, 0.2) is 36.5 Å². The van der Waals surface area contributed by atoms with Crippen LogP contribution in [0.25, 0.3) is 10.9 Å². The zero-order valence-corrected chi connectivity index (χ0v) is 14.2. The lowest BCUT2D eigenvalue weighted by atomic mass is 9.71. The second-order valence-electron chi connectivity index (χ2n) is 7.77. The zero-order valence-electron chi connectivity index (χ0n) is 14.2. The van der Waals surface area contributed by atoms with E-state index in [1.54, 1.807) is 0 Å².